The Morgan fingerprint density at radius 2 is 0.761 bits per heavy atom. The summed E-state index contributed by atoms with van der Waals surface area (Å²) in [7, 11) is 0. The zero-order valence-corrected chi connectivity index (χ0v) is 30.1. The number of nitrogens with two attached hydrogens (primary N) is 1. The third kappa shape index (κ3) is 17.6. The molecule has 2 rings (SSSR count). The molecule has 2 aliphatic heterocycles. The lowest BCUT2D eigenvalue weighted by molar-refractivity contribution is -0.158. The fourth-order valence-electron chi connectivity index (χ4n) is 5.32. The number of nitrogens with zero attached hydrogens (tertiary/aromatic N) is 5. The Morgan fingerprint density at radius 3 is 1.02 bits per heavy atom. The first-order valence-electron chi connectivity index (χ1n) is 16.8. The van der Waals surface area contributed by atoms with Gasteiger partial charge in [-0.25, -0.2) is 0 Å². The van der Waals surface area contributed by atoms with Crippen LogP contribution in [0.25, 0.3) is 0 Å². The summed E-state index contributed by atoms with van der Waals surface area (Å²) < 4.78 is 16.8. The van der Waals surface area contributed by atoms with Crippen molar-refractivity contribution in [2.24, 2.45) is 5.73 Å². The van der Waals surface area contributed by atoms with E-state index in [-0.39, 0.29) is 56.0 Å². The van der Waals surface area contributed by atoms with Crippen molar-refractivity contribution in [2.75, 3.05) is 91.6 Å². The Bertz CT molecular complexity index is 950. The summed E-state index contributed by atoms with van der Waals surface area (Å²) in [5.74, 6) is -0.927. The van der Waals surface area contributed by atoms with Gasteiger partial charge in [-0.15, -0.1) is 0 Å². The number of esters is 3. The predicted octanol–water partition coefficient (Wildman–Crippen LogP) is 1.18. The lowest BCUT2D eigenvalue weighted by Crippen LogP contribution is -2.51. The molecule has 266 valence electrons. The van der Waals surface area contributed by atoms with E-state index in [0.717, 1.165) is 12.8 Å². The van der Waals surface area contributed by atoms with E-state index in [1.807, 2.05) is 81.9 Å². The number of amides is 1. The monoisotopic (exact) mass is 654 g/mol. The molecule has 0 aliphatic carbocycles. The van der Waals surface area contributed by atoms with E-state index in [2.05, 4.69) is 4.90 Å². The zero-order valence-electron chi connectivity index (χ0n) is 30.1. The zero-order chi connectivity index (χ0) is 34.7. The van der Waals surface area contributed by atoms with Gasteiger partial charge >= 0.3 is 17.9 Å². The first-order valence-corrected chi connectivity index (χ1v) is 16.8. The predicted molar refractivity (Wildman–Crippen MR) is 177 cm³/mol. The number of carbonyl (C=O) groups is 4. The summed E-state index contributed by atoms with van der Waals surface area (Å²) in [6.45, 7) is 22.5. The summed E-state index contributed by atoms with van der Waals surface area (Å²) in [4.78, 5) is 61.9. The summed E-state index contributed by atoms with van der Waals surface area (Å²) >= 11 is 0. The van der Waals surface area contributed by atoms with Crippen LogP contribution in [0.1, 0.15) is 75.2 Å². The Hall–Kier alpha value is -2.32. The van der Waals surface area contributed by atoms with Crippen molar-refractivity contribution in [1.82, 2.24) is 24.5 Å². The maximum Gasteiger partial charge on any atom is 0.320 e. The lowest BCUT2D eigenvalue weighted by Gasteiger charge is -2.35. The first kappa shape index (κ1) is 39.9. The summed E-state index contributed by atoms with van der Waals surface area (Å²) in [5, 5.41) is 0. The molecule has 0 radical (unpaired) electrons. The Morgan fingerprint density at radius 1 is 0.500 bits per heavy atom. The van der Waals surface area contributed by atoms with Gasteiger partial charge in [0.15, 0.2) is 0 Å². The molecule has 1 amide bonds. The third-order valence-electron chi connectivity index (χ3n) is 7.50. The van der Waals surface area contributed by atoms with Gasteiger partial charge in [-0.05, 0) is 75.2 Å². The van der Waals surface area contributed by atoms with Gasteiger partial charge < -0.3 is 24.8 Å². The maximum absolute atomic E-state index is 13.3. The molecule has 0 saturated carbocycles. The van der Waals surface area contributed by atoms with Gasteiger partial charge in [0.25, 0.3) is 0 Å². The minimum atomic E-state index is -0.615. The van der Waals surface area contributed by atoms with Gasteiger partial charge in [0.1, 0.15) is 16.8 Å². The van der Waals surface area contributed by atoms with Crippen molar-refractivity contribution in [2.45, 2.75) is 98.0 Å². The Balaban J connectivity index is 2.27. The highest BCUT2D eigenvalue weighted by molar-refractivity contribution is 5.78. The fourth-order valence-corrected chi connectivity index (χ4v) is 5.32. The molecule has 0 aromatic carbocycles. The molecule has 2 fully saturated rings. The number of carbonyl (C=O) groups excluding carboxylic acids is 4. The first-order chi connectivity index (χ1) is 21.2. The van der Waals surface area contributed by atoms with Crippen molar-refractivity contribution in [3.8, 4) is 0 Å². The summed E-state index contributed by atoms with van der Waals surface area (Å²) in [5.41, 5.74) is 4.23. The lowest BCUT2D eigenvalue weighted by atomic mass is 10.1. The van der Waals surface area contributed by atoms with E-state index in [0.29, 0.717) is 65.4 Å². The van der Waals surface area contributed by atoms with Gasteiger partial charge in [-0.2, -0.15) is 0 Å². The van der Waals surface area contributed by atoms with Crippen molar-refractivity contribution < 1.29 is 33.4 Å². The highest BCUT2D eigenvalue weighted by Gasteiger charge is 2.27. The molecule has 0 spiro atoms. The maximum atomic E-state index is 13.3. The number of piperidine rings is 1. The van der Waals surface area contributed by atoms with Crippen molar-refractivity contribution >= 4 is 23.8 Å². The normalized spacial score (nSPS) is 20.0. The Kier molecular flexibility index (Phi) is 15.4. The van der Waals surface area contributed by atoms with Crippen LogP contribution in [0.4, 0.5) is 0 Å². The van der Waals surface area contributed by atoms with Gasteiger partial charge in [0.2, 0.25) is 5.91 Å². The van der Waals surface area contributed by atoms with Crippen molar-refractivity contribution in [3.63, 3.8) is 0 Å². The average molecular weight is 655 g/mol. The smallest absolute Gasteiger partial charge is 0.320 e. The van der Waals surface area contributed by atoms with Crippen molar-refractivity contribution in [1.29, 1.82) is 0 Å². The minimum Gasteiger partial charge on any atom is -0.459 e. The SMILES string of the molecule is CC(C)(C)OC(=O)CN1CCN(CC(=O)OC(C)(C)C)CCN(CC(=O)N2CCC(N)CC2)CCN(CC(=O)OC(C)(C)C)CC1. The minimum absolute atomic E-state index is 0.0555. The third-order valence-corrected chi connectivity index (χ3v) is 7.50. The highest BCUT2D eigenvalue weighted by Crippen LogP contribution is 2.13. The molecule has 2 saturated heterocycles. The number of hydrogen-bond donors (Lipinski definition) is 1. The molecular formula is C33H62N6O7. The molecule has 2 aliphatic rings. The molecule has 0 aromatic rings. The second-order valence-corrected chi connectivity index (χ2v) is 15.6. The van der Waals surface area contributed by atoms with Crippen LogP contribution in [-0.2, 0) is 33.4 Å². The molecule has 0 atom stereocenters. The fraction of sp³-hybridized carbons (Fsp3) is 0.879. The molecule has 13 heteroatoms. The number of hydrogen-bond acceptors (Lipinski definition) is 12. The van der Waals surface area contributed by atoms with Crippen LogP contribution < -0.4 is 5.73 Å². The van der Waals surface area contributed by atoms with Crippen molar-refractivity contribution in [3.05, 3.63) is 0 Å². The second-order valence-electron chi connectivity index (χ2n) is 15.6. The van der Waals surface area contributed by atoms with Crippen LogP contribution in [0.15, 0.2) is 0 Å². The molecule has 2 N–H and O–H groups in total. The summed E-state index contributed by atoms with van der Waals surface area (Å²) in [6.07, 6.45) is 1.58. The van der Waals surface area contributed by atoms with E-state index >= 15 is 0 Å². The van der Waals surface area contributed by atoms with E-state index < -0.39 is 16.8 Å². The topological polar surface area (TPSA) is 138 Å². The molecule has 13 nitrogen and oxygen atoms in total. The van der Waals surface area contributed by atoms with Crippen LogP contribution in [-0.4, -0.2) is 163 Å². The van der Waals surface area contributed by atoms with Crippen LogP contribution in [0, 0.1) is 0 Å². The standard InChI is InChI=1S/C33H62N6O7/c1-31(2,3)44-28(41)23-36-16-14-35(22-27(40)39-12-10-26(34)11-13-39)15-17-37(24-29(42)45-32(4,5)6)19-21-38(20-18-36)25-30(43)46-33(7,8)9/h26H,10-25,34H2,1-9H3. The van der Waals surface area contributed by atoms with Gasteiger partial charge in [0.05, 0.1) is 26.2 Å². The van der Waals surface area contributed by atoms with Gasteiger partial charge in [0, 0.05) is 71.5 Å². The number of likely N-dealkylation sites (tertiary alicyclic amines) is 1. The van der Waals surface area contributed by atoms with Crippen LogP contribution in [0.3, 0.4) is 0 Å². The number of rotatable bonds is 8. The number of ether oxygens (including phenoxy) is 3. The molecule has 2 heterocycles. The highest BCUT2D eigenvalue weighted by atomic mass is 16.6. The van der Waals surface area contributed by atoms with Crippen LogP contribution in [0.2, 0.25) is 0 Å². The Labute approximate surface area is 277 Å². The second kappa shape index (κ2) is 17.7. The molecule has 0 bridgehead atoms. The molecule has 0 aromatic heterocycles. The van der Waals surface area contributed by atoms with Gasteiger partial charge in [-0.3, -0.25) is 38.8 Å². The van der Waals surface area contributed by atoms with E-state index in [1.54, 1.807) is 0 Å². The average Bonchev–Trinajstić information content (AvgIpc) is 2.87. The van der Waals surface area contributed by atoms with E-state index in [4.69, 9.17) is 19.9 Å². The summed E-state index contributed by atoms with van der Waals surface area (Å²) in [6, 6.07) is 0.128. The molecular weight excluding hydrogens is 592 g/mol. The largest absolute Gasteiger partial charge is 0.459 e. The van der Waals surface area contributed by atoms with Crippen LogP contribution >= 0.6 is 0 Å². The molecule has 0 unspecified atom stereocenters. The molecule has 46 heavy (non-hydrogen) atoms. The van der Waals surface area contributed by atoms with Gasteiger partial charge in [-0.1, -0.05) is 0 Å². The quantitative estimate of drug-likeness (QED) is 0.297. The van der Waals surface area contributed by atoms with Crippen LogP contribution in [0.5, 0.6) is 0 Å². The van der Waals surface area contributed by atoms with E-state index in [9.17, 15) is 19.2 Å². The van der Waals surface area contributed by atoms with E-state index in [1.165, 1.54) is 0 Å².